The SMILES string of the molecule is CC(NC(=O)CN(C)S(=O)(=O)c1cc(Cl)ccc1Cl)c1ccccc1. The molecule has 134 valence electrons. The summed E-state index contributed by atoms with van der Waals surface area (Å²) in [6, 6.07) is 13.3. The van der Waals surface area contributed by atoms with Crippen LogP contribution in [0.5, 0.6) is 0 Å². The van der Waals surface area contributed by atoms with E-state index in [9.17, 15) is 13.2 Å². The molecule has 2 aromatic rings. The first-order chi connectivity index (χ1) is 11.7. The van der Waals surface area contributed by atoms with Gasteiger partial charge in [-0.1, -0.05) is 53.5 Å². The van der Waals surface area contributed by atoms with E-state index in [2.05, 4.69) is 5.32 Å². The van der Waals surface area contributed by atoms with E-state index in [0.29, 0.717) is 0 Å². The van der Waals surface area contributed by atoms with Crippen LogP contribution in [0.4, 0.5) is 0 Å². The summed E-state index contributed by atoms with van der Waals surface area (Å²) in [5.74, 6) is -0.416. The molecule has 0 saturated carbocycles. The molecule has 0 aliphatic carbocycles. The lowest BCUT2D eigenvalue weighted by molar-refractivity contribution is -0.121. The lowest BCUT2D eigenvalue weighted by atomic mass is 10.1. The van der Waals surface area contributed by atoms with E-state index in [1.807, 2.05) is 37.3 Å². The third-order valence-electron chi connectivity index (χ3n) is 3.62. The highest BCUT2D eigenvalue weighted by Gasteiger charge is 2.26. The van der Waals surface area contributed by atoms with Crippen LogP contribution in [0.25, 0.3) is 0 Å². The van der Waals surface area contributed by atoms with Crippen LogP contribution in [0.15, 0.2) is 53.4 Å². The summed E-state index contributed by atoms with van der Waals surface area (Å²) in [7, 11) is -2.61. The largest absolute Gasteiger partial charge is 0.348 e. The maximum Gasteiger partial charge on any atom is 0.244 e. The van der Waals surface area contributed by atoms with Crippen molar-refractivity contribution in [1.82, 2.24) is 9.62 Å². The highest BCUT2D eigenvalue weighted by atomic mass is 35.5. The molecule has 25 heavy (non-hydrogen) atoms. The van der Waals surface area contributed by atoms with Crippen molar-refractivity contribution in [2.45, 2.75) is 17.9 Å². The fraction of sp³-hybridized carbons (Fsp3) is 0.235. The number of benzene rings is 2. The minimum absolute atomic E-state index is 0.0503. The summed E-state index contributed by atoms with van der Waals surface area (Å²) in [6.07, 6.45) is 0. The molecular formula is C17H18Cl2N2O3S. The van der Waals surface area contributed by atoms with Crippen LogP contribution in [-0.2, 0) is 14.8 Å². The Morgan fingerprint density at radius 3 is 2.44 bits per heavy atom. The summed E-state index contributed by atoms with van der Waals surface area (Å²) in [6.45, 7) is 1.50. The Kier molecular flexibility index (Phi) is 6.46. The molecule has 1 amide bonds. The Hall–Kier alpha value is -1.60. The van der Waals surface area contributed by atoms with Crippen molar-refractivity contribution in [2.24, 2.45) is 0 Å². The van der Waals surface area contributed by atoms with E-state index in [1.54, 1.807) is 0 Å². The van der Waals surface area contributed by atoms with E-state index in [0.717, 1.165) is 9.87 Å². The van der Waals surface area contributed by atoms with Crippen LogP contribution in [-0.4, -0.2) is 32.2 Å². The van der Waals surface area contributed by atoms with Crippen molar-refractivity contribution in [3.63, 3.8) is 0 Å². The molecule has 0 spiro atoms. The molecule has 0 heterocycles. The molecule has 0 aromatic heterocycles. The zero-order chi connectivity index (χ0) is 18.6. The quantitative estimate of drug-likeness (QED) is 0.806. The number of rotatable bonds is 6. The summed E-state index contributed by atoms with van der Waals surface area (Å²) in [4.78, 5) is 12.1. The van der Waals surface area contributed by atoms with Crippen molar-refractivity contribution in [1.29, 1.82) is 0 Å². The number of halogens is 2. The van der Waals surface area contributed by atoms with E-state index in [1.165, 1.54) is 25.2 Å². The third-order valence-corrected chi connectivity index (χ3v) is 6.14. The van der Waals surface area contributed by atoms with E-state index >= 15 is 0 Å². The molecule has 1 unspecified atom stereocenters. The van der Waals surface area contributed by atoms with Crippen molar-refractivity contribution >= 4 is 39.1 Å². The van der Waals surface area contributed by atoms with E-state index in [4.69, 9.17) is 23.2 Å². The molecule has 0 radical (unpaired) electrons. The minimum atomic E-state index is -3.93. The number of hydrogen-bond donors (Lipinski definition) is 1. The second kappa shape index (κ2) is 8.19. The van der Waals surface area contributed by atoms with Crippen LogP contribution in [0.1, 0.15) is 18.5 Å². The Morgan fingerprint density at radius 2 is 1.80 bits per heavy atom. The average molecular weight is 401 g/mol. The van der Waals surface area contributed by atoms with Gasteiger partial charge in [0.25, 0.3) is 0 Å². The predicted molar refractivity (Wildman–Crippen MR) is 99.3 cm³/mol. The van der Waals surface area contributed by atoms with Gasteiger partial charge >= 0.3 is 0 Å². The Labute approximate surface area is 157 Å². The smallest absolute Gasteiger partial charge is 0.244 e. The number of hydrogen-bond acceptors (Lipinski definition) is 3. The molecule has 5 nitrogen and oxygen atoms in total. The molecule has 8 heteroatoms. The van der Waals surface area contributed by atoms with Crippen molar-refractivity contribution < 1.29 is 13.2 Å². The van der Waals surface area contributed by atoms with E-state index in [-0.39, 0.29) is 27.5 Å². The lowest BCUT2D eigenvalue weighted by Crippen LogP contribution is -2.39. The Balaban J connectivity index is 2.09. The maximum absolute atomic E-state index is 12.6. The summed E-state index contributed by atoms with van der Waals surface area (Å²) >= 11 is 11.8. The number of carbonyl (C=O) groups excluding carboxylic acids is 1. The molecule has 0 aliphatic heterocycles. The van der Waals surface area contributed by atoms with Gasteiger partial charge in [-0.05, 0) is 30.7 Å². The molecule has 0 bridgehead atoms. The fourth-order valence-electron chi connectivity index (χ4n) is 2.24. The second-order valence-corrected chi connectivity index (χ2v) is 8.39. The number of carbonyl (C=O) groups is 1. The molecule has 0 fully saturated rings. The van der Waals surface area contributed by atoms with Gasteiger partial charge in [0.05, 0.1) is 17.6 Å². The van der Waals surface area contributed by atoms with Gasteiger partial charge in [-0.2, -0.15) is 4.31 Å². The highest BCUT2D eigenvalue weighted by Crippen LogP contribution is 2.27. The normalized spacial score (nSPS) is 12.8. The molecule has 2 rings (SSSR count). The first kappa shape index (κ1) is 19.7. The first-order valence-electron chi connectivity index (χ1n) is 7.47. The topological polar surface area (TPSA) is 66.5 Å². The van der Waals surface area contributed by atoms with Crippen LogP contribution >= 0.6 is 23.2 Å². The van der Waals surface area contributed by atoms with Gasteiger partial charge < -0.3 is 5.32 Å². The Morgan fingerprint density at radius 1 is 1.16 bits per heavy atom. The van der Waals surface area contributed by atoms with Gasteiger partial charge in [0.15, 0.2) is 0 Å². The molecule has 1 atom stereocenters. The second-order valence-electron chi connectivity index (χ2n) is 5.54. The van der Waals surface area contributed by atoms with Crippen LogP contribution in [0, 0.1) is 0 Å². The van der Waals surface area contributed by atoms with Gasteiger partial charge in [-0.3, -0.25) is 4.79 Å². The zero-order valence-corrected chi connectivity index (χ0v) is 16.1. The first-order valence-corrected chi connectivity index (χ1v) is 9.67. The van der Waals surface area contributed by atoms with Gasteiger partial charge in [0.1, 0.15) is 4.90 Å². The van der Waals surface area contributed by atoms with Crippen LogP contribution < -0.4 is 5.32 Å². The summed E-state index contributed by atoms with van der Waals surface area (Å²) < 4.78 is 26.1. The lowest BCUT2D eigenvalue weighted by Gasteiger charge is -2.20. The average Bonchev–Trinajstić information content (AvgIpc) is 2.57. The summed E-state index contributed by atoms with van der Waals surface area (Å²) in [5, 5.41) is 3.07. The molecule has 1 N–H and O–H groups in total. The van der Waals surface area contributed by atoms with Crippen LogP contribution in [0.3, 0.4) is 0 Å². The third kappa shape index (κ3) is 4.95. The zero-order valence-electron chi connectivity index (χ0n) is 13.7. The molecule has 0 aliphatic rings. The van der Waals surface area contributed by atoms with Gasteiger partial charge in [0.2, 0.25) is 15.9 Å². The number of nitrogens with one attached hydrogen (secondary N) is 1. The van der Waals surface area contributed by atoms with Gasteiger partial charge in [-0.25, -0.2) is 8.42 Å². The van der Waals surface area contributed by atoms with E-state index < -0.39 is 15.9 Å². The minimum Gasteiger partial charge on any atom is -0.348 e. The molecule has 0 saturated heterocycles. The van der Waals surface area contributed by atoms with Gasteiger partial charge in [0, 0.05) is 12.1 Å². The summed E-state index contributed by atoms with van der Waals surface area (Å²) in [5.41, 5.74) is 0.930. The standard InChI is InChI=1S/C17H18Cl2N2O3S/c1-12(13-6-4-3-5-7-13)20-17(22)11-21(2)25(23,24)16-10-14(18)8-9-15(16)19/h3-10,12H,11H2,1-2H3,(H,20,22). The number of amides is 1. The Bertz CT molecular complexity index is 857. The fourth-order valence-corrected chi connectivity index (χ4v) is 4.10. The molecular weight excluding hydrogens is 383 g/mol. The van der Waals surface area contributed by atoms with Crippen molar-refractivity contribution in [3.05, 3.63) is 64.1 Å². The van der Waals surface area contributed by atoms with Crippen LogP contribution in [0.2, 0.25) is 10.0 Å². The number of nitrogens with zero attached hydrogens (tertiary/aromatic N) is 1. The van der Waals surface area contributed by atoms with Crippen molar-refractivity contribution in [3.8, 4) is 0 Å². The highest BCUT2D eigenvalue weighted by molar-refractivity contribution is 7.89. The maximum atomic E-state index is 12.6. The molecule has 2 aromatic carbocycles. The monoisotopic (exact) mass is 400 g/mol. The van der Waals surface area contributed by atoms with Crippen molar-refractivity contribution in [2.75, 3.05) is 13.6 Å². The predicted octanol–water partition coefficient (Wildman–Crippen LogP) is 3.49. The number of sulfonamides is 1. The van der Waals surface area contributed by atoms with Gasteiger partial charge in [-0.15, -0.1) is 0 Å². The number of likely N-dealkylation sites (N-methyl/N-ethyl adjacent to an activating group) is 1.